The molecule has 0 heterocycles. The van der Waals surface area contributed by atoms with Crippen molar-refractivity contribution in [3.8, 4) is 5.75 Å². The summed E-state index contributed by atoms with van der Waals surface area (Å²) in [6, 6.07) is 16.0. The number of hydrogen-bond donors (Lipinski definition) is 1. The van der Waals surface area contributed by atoms with E-state index in [0.717, 1.165) is 16.9 Å². The predicted octanol–water partition coefficient (Wildman–Crippen LogP) is 5.13. The molecule has 0 spiro atoms. The Morgan fingerprint density at radius 2 is 1.68 bits per heavy atom. The van der Waals surface area contributed by atoms with E-state index < -0.39 is 29.8 Å². The molecule has 7 heteroatoms. The van der Waals surface area contributed by atoms with Crippen LogP contribution in [0.4, 0.5) is 4.79 Å². The molecule has 0 fully saturated rings. The maximum absolute atomic E-state index is 12.9. The van der Waals surface area contributed by atoms with Crippen LogP contribution in [0.25, 0.3) is 0 Å². The zero-order chi connectivity index (χ0) is 22.9. The third kappa shape index (κ3) is 8.92. The molecule has 6 nitrogen and oxygen atoms in total. The average molecular weight is 446 g/mol. The molecule has 0 aliphatic rings. The van der Waals surface area contributed by atoms with Crippen LogP contribution in [0.15, 0.2) is 54.6 Å². The van der Waals surface area contributed by atoms with E-state index in [1.54, 1.807) is 39.5 Å². The van der Waals surface area contributed by atoms with Crippen molar-refractivity contribution in [2.24, 2.45) is 0 Å². The number of thioether (sulfide) groups is 1. The lowest BCUT2D eigenvalue weighted by atomic mass is 10.1. The van der Waals surface area contributed by atoms with Gasteiger partial charge in [-0.1, -0.05) is 42.5 Å². The van der Waals surface area contributed by atoms with Crippen LogP contribution in [0.3, 0.4) is 0 Å². The third-order valence-electron chi connectivity index (χ3n) is 4.24. The summed E-state index contributed by atoms with van der Waals surface area (Å²) in [4.78, 5) is 25.2. The highest BCUT2D eigenvalue weighted by atomic mass is 32.2. The standard InChI is InChI=1S/C24H31NO5S/c1-17(19-9-7-6-8-10-19)29-22(26)21(25-23(27)30-24(2,3)4)15-18-11-13-20(14-12-18)28-16-31-5/h6-14,17,21H,15-16H2,1-5H3,(H,25,27). The monoisotopic (exact) mass is 445 g/mol. The van der Waals surface area contributed by atoms with Crippen molar-refractivity contribution in [3.05, 3.63) is 65.7 Å². The van der Waals surface area contributed by atoms with Gasteiger partial charge in [-0.05, 0) is 57.2 Å². The smallest absolute Gasteiger partial charge is 0.408 e. The highest BCUT2D eigenvalue weighted by molar-refractivity contribution is 7.98. The normalized spacial score (nSPS) is 13.1. The fraction of sp³-hybridized carbons (Fsp3) is 0.417. The van der Waals surface area contributed by atoms with Crippen molar-refractivity contribution in [1.82, 2.24) is 5.32 Å². The van der Waals surface area contributed by atoms with E-state index in [1.165, 1.54) is 0 Å². The number of hydrogen-bond acceptors (Lipinski definition) is 6. The molecule has 0 radical (unpaired) electrons. The summed E-state index contributed by atoms with van der Waals surface area (Å²) in [7, 11) is 0. The number of amides is 1. The number of rotatable bonds is 9. The molecule has 0 aliphatic heterocycles. The zero-order valence-electron chi connectivity index (χ0n) is 18.7. The number of benzene rings is 2. The Kier molecular flexibility index (Phi) is 9.24. The van der Waals surface area contributed by atoms with Crippen molar-refractivity contribution in [3.63, 3.8) is 0 Å². The largest absolute Gasteiger partial charge is 0.483 e. The van der Waals surface area contributed by atoms with Gasteiger partial charge in [0.15, 0.2) is 0 Å². The minimum atomic E-state index is -0.890. The van der Waals surface area contributed by atoms with Crippen LogP contribution < -0.4 is 10.1 Å². The SMILES string of the molecule is CSCOc1ccc(CC(NC(=O)OC(C)(C)C)C(=O)OC(C)c2ccccc2)cc1. The number of carbonyl (C=O) groups is 2. The van der Waals surface area contributed by atoms with Gasteiger partial charge >= 0.3 is 12.1 Å². The van der Waals surface area contributed by atoms with E-state index in [4.69, 9.17) is 14.2 Å². The van der Waals surface area contributed by atoms with Crippen LogP contribution in [-0.4, -0.2) is 35.9 Å². The summed E-state index contributed by atoms with van der Waals surface area (Å²) in [5, 5.41) is 2.66. The quantitative estimate of drug-likeness (QED) is 0.426. The molecule has 2 aromatic carbocycles. The minimum Gasteiger partial charge on any atom is -0.483 e. The number of carbonyl (C=O) groups excluding carboxylic acids is 2. The molecule has 2 atom stereocenters. The highest BCUT2D eigenvalue weighted by Gasteiger charge is 2.27. The number of ether oxygens (including phenoxy) is 3. The molecule has 2 aromatic rings. The number of esters is 1. The lowest BCUT2D eigenvalue weighted by Gasteiger charge is -2.24. The Labute approximate surface area is 188 Å². The fourth-order valence-corrected chi connectivity index (χ4v) is 3.03. The van der Waals surface area contributed by atoms with Gasteiger partial charge in [0.05, 0.1) is 0 Å². The van der Waals surface area contributed by atoms with Crippen molar-refractivity contribution in [1.29, 1.82) is 0 Å². The van der Waals surface area contributed by atoms with Crippen LogP contribution in [0.1, 0.15) is 44.9 Å². The van der Waals surface area contributed by atoms with E-state index in [9.17, 15) is 9.59 Å². The fourth-order valence-electron chi connectivity index (χ4n) is 2.78. The summed E-state index contributed by atoms with van der Waals surface area (Å²) in [6.07, 6.45) is 1.12. The molecule has 1 amide bonds. The first-order chi connectivity index (χ1) is 14.7. The van der Waals surface area contributed by atoms with Crippen LogP contribution in [-0.2, 0) is 20.7 Å². The third-order valence-corrected chi connectivity index (χ3v) is 4.60. The molecular formula is C24H31NO5S. The number of nitrogens with one attached hydrogen (secondary N) is 1. The molecular weight excluding hydrogens is 414 g/mol. The Bertz CT molecular complexity index is 833. The van der Waals surface area contributed by atoms with Gasteiger partial charge in [0, 0.05) is 6.42 Å². The summed E-state index contributed by atoms with van der Waals surface area (Å²) in [6.45, 7) is 7.11. The predicted molar refractivity (Wildman–Crippen MR) is 123 cm³/mol. The van der Waals surface area contributed by atoms with Gasteiger partial charge in [0.1, 0.15) is 29.4 Å². The van der Waals surface area contributed by atoms with Crippen molar-refractivity contribution in [2.45, 2.75) is 51.9 Å². The minimum absolute atomic E-state index is 0.266. The van der Waals surface area contributed by atoms with Crippen LogP contribution in [0.5, 0.6) is 5.75 Å². The van der Waals surface area contributed by atoms with Gasteiger partial charge in [-0.2, -0.15) is 0 Å². The Morgan fingerprint density at radius 1 is 1.03 bits per heavy atom. The molecule has 2 unspecified atom stereocenters. The highest BCUT2D eigenvalue weighted by Crippen LogP contribution is 2.19. The van der Waals surface area contributed by atoms with E-state index in [2.05, 4.69) is 5.32 Å². The van der Waals surface area contributed by atoms with Crippen LogP contribution >= 0.6 is 11.8 Å². The molecule has 0 bridgehead atoms. The Balaban J connectivity index is 2.11. The van der Waals surface area contributed by atoms with Crippen LogP contribution in [0.2, 0.25) is 0 Å². The van der Waals surface area contributed by atoms with E-state index in [-0.39, 0.29) is 6.42 Å². The second kappa shape index (κ2) is 11.6. The summed E-state index contributed by atoms with van der Waals surface area (Å²) in [5.74, 6) is 0.784. The first-order valence-electron chi connectivity index (χ1n) is 10.1. The lowest BCUT2D eigenvalue weighted by molar-refractivity contribution is -0.151. The average Bonchev–Trinajstić information content (AvgIpc) is 2.72. The van der Waals surface area contributed by atoms with Gasteiger partial charge in [-0.3, -0.25) is 0 Å². The zero-order valence-corrected chi connectivity index (χ0v) is 19.5. The van der Waals surface area contributed by atoms with Crippen molar-refractivity contribution in [2.75, 3.05) is 12.2 Å². The van der Waals surface area contributed by atoms with Crippen molar-refractivity contribution >= 4 is 23.8 Å². The molecule has 168 valence electrons. The lowest BCUT2D eigenvalue weighted by Crippen LogP contribution is -2.45. The molecule has 0 saturated heterocycles. The molecule has 0 aromatic heterocycles. The van der Waals surface area contributed by atoms with Gasteiger partial charge < -0.3 is 19.5 Å². The molecule has 2 rings (SSSR count). The first-order valence-corrected chi connectivity index (χ1v) is 11.5. The van der Waals surface area contributed by atoms with Crippen LogP contribution in [0, 0.1) is 0 Å². The Morgan fingerprint density at radius 3 is 2.26 bits per heavy atom. The van der Waals surface area contributed by atoms with Gasteiger partial charge in [-0.15, -0.1) is 11.8 Å². The van der Waals surface area contributed by atoms with E-state index in [0.29, 0.717) is 5.94 Å². The first kappa shape index (κ1) is 24.6. The summed E-state index contributed by atoms with van der Waals surface area (Å²) < 4.78 is 16.5. The summed E-state index contributed by atoms with van der Waals surface area (Å²) >= 11 is 1.59. The molecule has 0 saturated carbocycles. The molecule has 0 aliphatic carbocycles. The van der Waals surface area contributed by atoms with E-state index >= 15 is 0 Å². The molecule has 31 heavy (non-hydrogen) atoms. The maximum atomic E-state index is 12.9. The second-order valence-electron chi connectivity index (χ2n) is 8.09. The maximum Gasteiger partial charge on any atom is 0.408 e. The topological polar surface area (TPSA) is 73.9 Å². The Hall–Kier alpha value is -2.67. The van der Waals surface area contributed by atoms with E-state index in [1.807, 2.05) is 60.9 Å². The van der Waals surface area contributed by atoms with Gasteiger partial charge in [0.2, 0.25) is 0 Å². The summed E-state index contributed by atoms with van der Waals surface area (Å²) in [5.41, 5.74) is 1.07. The van der Waals surface area contributed by atoms with Crippen molar-refractivity contribution < 1.29 is 23.8 Å². The number of alkyl carbamates (subject to hydrolysis) is 1. The van der Waals surface area contributed by atoms with Gasteiger partial charge in [0.25, 0.3) is 0 Å². The molecule has 1 N–H and O–H groups in total. The second-order valence-corrected chi connectivity index (χ2v) is 8.90. The van der Waals surface area contributed by atoms with Gasteiger partial charge in [-0.25, -0.2) is 9.59 Å².